The lowest BCUT2D eigenvalue weighted by Crippen LogP contribution is -2.37. The van der Waals surface area contributed by atoms with Crippen LogP contribution in [0.5, 0.6) is 0 Å². The Labute approximate surface area is 142 Å². The summed E-state index contributed by atoms with van der Waals surface area (Å²) in [5.74, 6) is -0.0134. The number of nitrogens with one attached hydrogen (secondary N) is 1. The molecule has 0 bridgehead atoms. The molecule has 0 aliphatic rings. The minimum atomic E-state index is -0.104. The Kier molecular flexibility index (Phi) is 4.75. The molecule has 1 unspecified atom stereocenters. The zero-order valence-electron chi connectivity index (χ0n) is 13.9. The molecular formula is C20H21N3O. The molecule has 4 heteroatoms. The fourth-order valence-corrected chi connectivity index (χ4v) is 3.00. The number of carbonyl (C=O) groups excluding carboxylic acids is 1. The van der Waals surface area contributed by atoms with E-state index in [1.807, 2.05) is 43.3 Å². The van der Waals surface area contributed by atoms with E-state index in [2.05, 4.69) is 34.7 Å². The molecule has 1 N–H and O–H groups in total. The molecule has 3 aromatic rings. The number of benzene rings is 2. The highest BCUT2D eigenvalue weighted by Gasteiger charge is 2.23. The van der Waals surface area contributed by atoms with Crippen LogP contribution in [-0.4, -0.2) is 21.7 Å². The lowest BCUT2D eigenvalue weighted by Gasteiger charge is -2.26. The van der Waals surface area contributed by atoms with Crippen molar-refractivity contribution in [2.24, 2.45) is 7.05 Å². The standard InChI is InChI=1S/C20H21N3O/c1-15(22-20(24)18-13-21-23(2)14-18)19(16-9-5-3-6-10-16)17-11-7-4-8-12-17/h3-15,19H,1-2H3,(H,22,24). The first-order chi connectivity index (χ1) is 11.6. The van der Waals surface area contributed by atoms with Gasteiger partial charge in [0.15, 0.2) is 0 Å². The van der Waals surface area contributed by atoms with Crippen LogP contribution in [0.25, 0.3) is 0 Å². The Hall–Kier alpha value is -2.88. The van der Waals surface area contributed by atoms with Gasteiger partial charge in [0.2, 0.25) is 0 Å². The van der Waals surface area contributed by atoms with E-state index >= 15 is 0 Å². The molecule has 0 fully saturated rings. The van der Waals surface area contributed by atoms with Crippen LogP contribution >= 0.6 is 0 Å². The molecule has 0 aliphatic heterocycles. The lowest BCUT2D eigenvalue weighted by atomic mass is 9.85. The van der Waals surface area contributed by atoms with Crippen molar-refractivity contribution in [2.75, 3.05) is 0 Å². The normalized spacial score (nSPS) is 12.1. The van der Waals surface area contributed by atoms with E-state index in [0.29, 0.717) is 5.56 Å². The molecule has 0 radical (unpaired) electrons. The van der Waals surface area contributed by atoms with E-state index in [0.717, 1.165) is 0 Å². The Morgan fingerprint density at radius 2 is 1.54 bits per heavy atom. The van der Waals surface area contributed by atoms with Crippen molar-refractivity contribution >= 4 is 5.91 Å². The number of amides is 1. The van der Waals surface area contributed by atoms with Crippen molar-refractivity contribution in [1.82, 2.24) is 15.1 Å². The molecule has 2 aromatic carbocycles. The van der Waals surface area contributed by atoms with Gasteiger partial charge in [0.1, 0.15) is 0 Å². The monoisotopic (exact) mass is 319 g/mol. The van der Waals surface area contributed by atoms with Crippen LogP contribution < -0.4 is 5.32 Å². The van der Waals surface area contributed by atoms with Crippen molar-refractivity contribution in [3.8, 4) is 0 Å². The summed E-state index contributed by atoms with van der Waals surface area (Å²) < 4.78 is 1.63. The van der Waals surface area contributed by atoms with Crippen molar-refractivity contribution in [3.05, 3.63) is 89.7 Å². The molecule has 1 heterocycles. The van der Waals surface area contributed by atoms with Crippen LogP contribution in [0.15, 0.2) is 73.1 Å². The van der Waals surface area contributed by atoms with Gasteiger partial charge in [-0.1, -0.05) is 60.7 Å². The van der Waals surface area contributed by atoms with E-state index in [4.69, 9.17) is 0 Å². The van der Waals surface area contributed by atoms with E-state index in [1.54, 1.807) is 24.1 Å². The third-order valence-electron chi connectivity index (χ3n) is 4.14. The first-order valence-corrected chi connectivity index (χ1v) is 8.04. The molecule has 3 rings (SSSR count). The summed E-state index contributed by atoms with van der Waals surface area (Å²) in [4.78, 5) is 12.5. The Morgan fingerprint density at radius 1 is 1.00 bits per heavy atom. The molecule has 0 saturated carbocycles. The number of carbonyl (C=O) groups is 1. The Morgan fingerprint density at radius 3 is 2.00 bits per heavy atom. The van der Waals surface area contributed by atoms with Gasteiger partial charge in [-0.05, 0) is 18.1 Å². The predicted molar refractivity (Wildman–Crippen MR) is 94.9 cm³/mol. The highest BCUT2D eigenvalue weighted by molar-refractivity contribution is 5.93. The molecule has 122 valence electrons. The molecular weight excluding hydrogens is 298 g/mol. The van der Waals surface area contributed by atoms with E-state index in [-0.39, 0.29) is 17.9 Å². The molecule has 0 aliphatic carbocycles. The van der Waals surface area contributed by atoms with Gasteiger partial charge in [-0.15, -0.1) is 0 Å². The maximum atomic E-state index is 12.5. The average Bonchev–Trinajstić information content (AvgIpc) is 3.04. The van der Waals surface area contributed by atoms with Crippen molar-refractivity contribution < 1.29 is 4.79 Å². The minimum Gasteiger partial charge on any atom is -0.349 e. The minimum absolute atomic E-state index is 0.0532. The number of aromatic nitrogens is 2. The number of aryl methyl sites for hydroxylation is 1. The zero-order chi connectivity index (χ0) is 16.9. The summed E-state index contributed by atoms with van der Waals surface area (Å²) in [5, 5.41) is 7.18. The van der Waals surface area contributed by atoms with Gasteiger partial charge in [0.05, 0.1) is 11.8 Å². The summed E-state index contributed by atoms with van der Waals surface area (Å²) in [6.07, 6.45) is 3.31. The fraction of sp³-hybridized carbons (Fsp3) is 0.200. The summed E-state index contributed by atoms with van der Waals surface area (Å²) in [5.41, 5.74) is 2.94. The zero-order valence-corrected chi connectivity index (χ0v) is 13.9. The van der Waals surface area contributed by atoms with Crippen molar-refractivity contribution in [1.29, 1.82) is 0 Å². The van der Waals surface area contributed by atoms with Gasteiger partial charge in [0, 0.05) is 25.2 Å². The maximum Gasteiger partial charge on any atom is 0.254 e. The van der Waals surface area contributed by atoms with Gasteiger partial charge in [0.25, 0.3) is 5.91 Å². The molecule has 1 amide bonds. The van der Waals surface area contributed by atoms with Gasteiger partial charge >= 0.3 is 0 Å². The van der Waals surface area contributed by atoms with E-state index in [1.165, 1.54) is 11.1 Å². The first-order valence-electron chi connectivity index (χ1n) is 8.04. The van der Waals surface area contributed by atoms with Gasteiger partial charge < -0.3 is 5.32 Å². The lowest BCUT2D eigenvalue weighted by molar-refractivity contribution is 0.0937. The number of hydrogen-bond acceptors (Lipinski definition) is 2. The van der Waals surface area contributed by atoms with Gasteiger partial charge in [-0.2, -0.15) is 5.10 Å². The number of rotatable bonds is 5. The molecule has 0 saturated heterocycles. The van der Waals surface area contributed by atoms with Crippen LogP contribution in [0, 0.1) is 0 Å². The molecule has 24 heavy (non-hydrogen) atoms. The number of hydrogen-bond donors (Lipinski definition) is 1. The van der Waals surface area contributed by atoms with Crippen LogP contribution in [0.3, 0.4) is 0 Å². The second-order valence-corrected chi connectivity index (χ2v) is 5.96. The third kappa shape index (κ3) is 3.54. The third-order valence-corrected chi connectivity index (χ3v) is 4.14. The average molecular weight is 319 g/mol. The second kappa shape index (κ2) is 7.13. The number of nitrogens with zero attached hydrogens (tertiary/aromatic N) is 2. The predicted octanol–water partition coefficient (Wildman–Crippen LogP) is 3.37. The van der Waals surface area contributed by atoms with Crippen molar-refractivity contribution in [2.45, 2.75) is 18.9 Å². The molecule has 1 atom stereocenters. The van der Waals surface area contributed by atoms with Gasteiger partial charge in [-0.3, -0.25) is 9.48 Å². The topological polar surface area (TPSA) is 46.9 Å². The summed E-state index contributed by atoms with van der Waals surface area (Å²) >= 11 is 0. The molecule has 4 nitrogen and oxygen atoms in total. The highest BCUT2D eigenvalue weighted by atomic mass is 16.1. The molecule has 0 spiro atoms. The Balaban J connectivity index is 1.87. The highest BCUT2D eigenvalue weighted by Crippen LogP contribution is 2.28. The Bertz CT molecular complexity index is 757. The summed E-state index contributed by atoms with van der Waals surface area (Å²) in [6.45, 7) is 2.04. The molecule has 1 aromatic heterocycles. The van der Waals surface area contributed by atoms with Crippen molar-refractivity contribution in [3.63, 3.8) is 0 Å². The van der Waals surface area contributed by atoms with Crippen LogP contribution in [0.4, 0.5) is 0 Å². The van der Waals surface area contributed by atoms with Crippen LogP contribution in [0.1, 0.15) is 34.3 Å². The van der Waals surface area contributed by atoms with E-state index in [9.17, 15) is 4.79 Å². The van der Waals surface area contributed by atoms with Gasteiger partial charge in [-0.25, -0.2) is 0 Å². The SMILES string of the molecule is CC(NC(=O)c1cnn(C)c1)C(c1ccccc1)c1ccccc1. The summed E-state index contributed by atoms with van der Waals surface area (Å²) in [7, 11) is 1.80. The largest absolute Gasteiger partial charge is 0.349 e. The smallest absolute Gasteiger partial charge is 0.254 e. The maximum absolute atomic E-state index is 12.5. The summed E-state index contributed by atoms with van der Waals surface area (Å²) in [6, 6.07) is 20.5. The second-order valence-electron chi connectivity index (χ2n) is 5.96. The van der Waals surface area contributed by atoms with Crippen LogP contribution in [0.2, 0.25) is 0 Å². The van der Waals surface area contributed by atoms with Crippen LogP contribution in [-0.2, 0) is 7.05 Å². The first kappa shape index (κ1) is 16.0. The fourth-order valence-electron chi connectivity index (χ4n) is 3.00. The van der Waals surface area contributed by atoms with E-state index < -0.39 is 0 Å². The quantitative estimate of drug-likeness (QED) is 0.784.